The molecule has 0 aromatic heterocycles. The first-order valence-electron chi connectivity index (χ1n) is 5.31. The highest BCUT2D eigenvalue weighted by atomic mass is 16.6. The van der Waals surface area contributed by atoms with Crippen LogP contribution < -0.4 is 16.4 Å². The molecule has 2 atom stereocenters. The number of imide groups is 1. The summed E-state index contributed by atoms with van der Waals surface area (Å²) in [7, 11) is 0. The first-order valence-corrected chi connectivity index (χ1v) is 5.31. The molecule has 1 rings (SSSR count). The van der Waals surface area contributed by atoms with E-state index in [4.69, 9.17) is 10.5 Å². The van der Waals surface area contributed by atoms with Crippen molar-refractivity contribution in [2.75, 3.05) is 6.54 Å². The Hall–Kier alpha value is -1.14. The van der Waals surface area contributed by atoms with Gasteiger partial charge < -0.3 is 15.8 Å². The molecule has 1 aliphatic heterocycles. The Morgan fingerprint density at radius 3 is 2.50 bits per heavy atom. The van der Waals surface area contributed by atoms with Crippen LogP contribution in [0.15, 0.2) is 0 Å². The molecular weight excluding hydrogens is 210 g/mol. The minimum Gasteiger partial charge on any atom is -0.444 e. The predicted octanol–water partition coefficient (Wildman–Crippen LogP) is -0.273. The predicted molar refractivity (Wildman–Crippen MR) is 58.8 cm³/mol. The number of hydrogen-bond donors (Lipinski definition) is 3. The zero-order valence-corrected chi connectivity index (χ0v) is 9.87. The van der Waals surface area contributed by atoms with E-state index in [0.29, 0.717) is 13.0 Å². The lowest BCUT2D eigenvalue weighted by Gasteiger charge is -2.20. The molecule has 6 nitrogen and oxygen atoms in total. The minimum atomic E-state index is -0.722. The molecule has 0 bridgehead atoms. The molecule has 2 amide bonds. The molecule has 0 radical (unpaired) electrons. The molecule has 92 valence electrons. The molecule has 0 aromatic carbocycles. The molecule has 0 unspecified atom stereocenters. The van der Waals surface area contributed by atoms with Gasteiger partial charge in [0.05, 0.1) is 6.04 Å². The summed E-state index contributed by atoms with van der Waals surface area (Å²) in [5, 5.41) is 5.11. The summed E-state index contributed by atoms with van der Waals surface area (Å²) in [6, 6.07) is -0.433. The molecule has 6 heteroatoms. The van der Waals surface area contributed by atoms with Crippen LogP contribution in [0.5, 0.6) is 0 Å². The maximum absolute atomic E-state index is 11.6. The fraction of sp³-hybridized carbons (Fsp3) is 0.800. The van der Waals surface area contributed by atoms with Crippen molar-refractivity contribution in [1.29, 1.82) is 0 Å². The first-order chi connectivity index (χ1) is 7.28. The summed E-state index contributed by atoms with van der Waals surface area (Å²) in [5.41, 5.74) is 5.03. The van der Waals surface area contributed by atoms with E-state index in [1.54, 1.807) is 20.8 Å². The summed E-state index contributed by atoms with van der Waals surface area (Å²) in [6.45, 7) is 5.80. The molecule has 1 saturated heterocycles. The van der Waals surface area contributed by atoms with Crippen molar-refractivity contribution in [2.45, 2.75) is 44.9 Å². The van der Waals surface area contributed by atoms with Gasteiger partial charge >= 0.3 is 6.09 Å². The lowest BCUT2D eigenvalue weighted by Crippen LogP contribution is -2.45. The molecule has 0 spiro atoms. The quantitative estimate of drug-likeness (QED) is 0.575. The van der Waals surface area contributed by atoms with Crippen LogP contribution >= 0.6 is 0 Å². The van der Waals surface area contributed by atoms with Gasteiger partial charge in [0.15, 0.2) is 0 Å². The van der Waals surface area contributed by atoms with E-state index in [1.807, 2.05) is 0 Å². The Morgan fingerprint density at radius 1 is 1.44 bits per heavy atom. The number of nitrogens with two attached hydrogens (primary N) is 1. The van der Waals surface area contributed by atoms with E-state index in [2.05, 4.69) is 10.6 Å². The smallest absolute Gasteiger partial charge is 0.414 e. The van der Waals surface area contributed by atoms with Crippen LogP contribution in [-0.4, -0.2) is 36.2 Å². The fourth-order valence-electron chi connectivity index (χ4n) is 1.45. The maximum Gasteiger partial charge on any atom is 0.414 e. The number of ether oxygens (including phenoxy) is 1. The Bertz CT molecular complexity index is 286. The van der Waals surface area contributed by atoms with Gasteiger partial charge in [0.2, 0.25) is 5.91 Å². The zero-order valence-electron chi connectivity index (χ0n) is 9.87. The van der Waals surface area contributed by atoms with Crippen molar-refractivity contribution in [3.8, 4) is 0 Å². The summed E-state index contributed by atoms with van der Waals surface area (Å²) < 4.78 is 4.96. The van der Waals surface area contributed by atoms with E-state index in [-0.39, 0.29) is 11.9 Å². The van der Waals surface area contributed by atoms with Gasteiger partial charge in [-0.05, 0) is 27.2 Å². The topological polar surface area (TPSA) is 93.5 Å². The Balaban J connectivity index is 2.37. The summed E-state index contributed by atoms with van der Waals surface area (Å²) in [5.74, 6) is -0.387. The average Bonchev–Trinajstić information content (AvgIpc) is 2.47. The third kappa shape index (κ3) is 4.16. The zero-order chi connectivity index (χ0) is 12.3. The second-order valence-corrected chi connectivity index (χ2v) is 4.95. The molecule has 16 heavy (non-hydrogen) atoms. The Labute approximate surface area is 94.9 Å². The summed E-state index contributed by atoms with van der Waals surface area (Å²) in [6.07, 6.45) is -0.186. The van der Waals surface area contributed by atoms with Gasteiger partial charge in [-0.25, -0.2) is 4.79 Å². The van der Waals surface area contributed by atoms with Gasteiger partial charge in [-0.2, -0.15) is 0 Å². The van der Waals surface area contributed by atoms with E-state index in [0.717, 1.165) is 0 Å². The number of hydrogen-bond acceptors (Lipinski definition) is 5. The lowest BCUT2D eigenvalue weighted by molar-refractivity contribution is -0.122. The third-order valence-corrected chi connectivity index (χ3v) is 2.11. The third-order valence-electron chi connectivity index (χ3n) is 2.11. The molecule has 1 fully saturated rings. The fourth-order valence-corrected chi connectivity index (χ4v) is 1.45. The van der Waals surface area contributed by atoms with Crippen LogP contribution in [0.4, 0.5) is 4.79 Å². The molecule has 1 heterocycles. The van der Waals surface area contributed by atoms with Crippen molar-refractivity contribution in [3.05, 3.63) is 0 Å². The SMILES string of the molecule is CC(C)(C)OC(=O)NC(=O)[C@@H]1C[C@H](N)CN1. The Morgan fingerprint density at radius 2 is 2.06 bits per heavy atom. The molecule has 4 N–H and O–H groups in total. The lowest BCUT2D eigenvalue weighted by atomic mass is 10.2. The Kier molecular flexibility index (Phi) is 3.88. The van der Waals surface area contributed by atoms with Crippen LogP contribution in [0, 0.1) is 0 Å². The van der Waals surface area contributed by atoms with Crippen molar-refractivity contribution >= 4 is 12.0 Å². The summed E-state index contributed by atoms with van der Waals surface area (Å²) >= 11 is 0. The van der Waals surface area contributed by atoms with Crippen LogP contribution in [0.3, 0.4) is 0 Å². The number of alkyl carbamates (subject to hydrolysis) is 1. The molecular formula is C10H19N3O3. The monoisotopic (exact) mass is 229 g/mol. The van der Waals surface area contributed by atoms with Gasteiger partial charge in [0, 0.05) is 12.6 Å². The van der Waals surface area contributed by atoms with Crippen LogP contribution in [0.2, 0.25) is 0 Å². The van der Waals surface area contributed by atoms with Crippen LogP contribution in [0.1, 0.15) is 27.2 Å². The van der Waals surface area contributed by atoms with Gasteiger partial charge in [-0.1, -0.05) is 0 Å². The van der Waals surface area contributed by atoms with Gasteiger partial charge in [-0.3, -0.25) is 10.1 Å². The number of carbonyl (C=O) groups excluding carboxylic acids is 2. The minimum absolute atomic E-state index is 0.0330. The van der Waals surface area contributed by atoms with Crippen LogP contribution in [-0.2, 0) is 9.53 Å². The highest BCUT2D eigenvalue weighted by molar-refractivity contribution is 5.95. The van der Waals surface area contributed by atoms with E-state index < -0.39 is 17.7 Å². The second-order valence-electron chi connectivity index (χ2n) is 4.95. The van der Waals surface area contributed by atoms with Crippen LogP contribution in [0.25, 0.3) is 0 Å². The number of amides is 2. The van der Waals surface area contributed by atoms with Crippen molar-refractivity contribution in [1.82, 2.24) is 10.6 Å². The normalized spacial score (nSPS) is 25.2. The average molecular weight is 229 g/mol. The molecule has 0 aliphatic carbocycles. The van der Waals surface area contributed by atoms with E-state index in [1.165, 1.54) is 0 Å². The number of rotatable bonds is 1. The number of nitrogens with one attached hydrogen (secondary N) is 2. The van der Waals surface area contributed by atoms with E-state index in [9.17, 15) is 9.59 Å². The van der Waals surface area contributed by atoms with Gasteiger partial charge in [0.25, 0.3) is 0 Å². The first kappa shape index (κ1) is 12.9. The second kappa shape index (κ2) is 4.80. The van der Waals surface area contributed by atoms with Gasteiger partial charge in [-0.15, -0.1) is 0 Å². The largest absolute Gasteiger partial charge is 0.444 e. The standard InChI is InChI=1S/C10H19N3O3/c1-10(2,3)16-9(15)13-8(14)7-4-6(11)5-12-7/h6-7,12H,4-5,11H2,1-3H3,(H,13,14,15)/t6-,7-/m0/s1. The molecule has 0 saturated carbocycles. The van der Waals surface area contributed by atoms with Crippen molar-refractivity contribution in [2.24, 2.45) is 5.73 Å². The highest BCUT2D eigenvalue weighted by Crippen LogP contribution is 2.08. The maximum atomic E-state index is 11.6. The number of carbonyl (C=O) groups is 2. The highest BCUT2D eigenvalue weighted by Gasteiger charge is 2.29. The van der Waals surface area contributed by atoms with E-state index >= 15 is 0 Å². The molecule has 0 aromatic rings. The van der Waals surface area contributed by atoms with Gasteiger partial charge in [0.1, 0.15) is 5.60 Å². The van der Waals surface area contributed by atoms with Crippen molar-refractivity contribution in [3.63, 3.8) is 0 Å². The molecule has 1 aliphatic rings. The summed E-state index contributed by atoms with van der Waals surface area (Å²) in [4.78, 5) is 22.9. The van der Waals surface area contributed by atoms with Crippen molar-refractivity contribution < 1.29 is 14.3 Å².